The maximum absolute atomic E-state index is 13.8. The Labute approximate surface area is 329 Å². The quantitative estimate of drug-likeness (QED) is 0.112. The summed E-state index contributed by atoms with van der Waals surface area (Å²) in [5, 5.41) is 20.8. The Bertz CT molecular complexity index is 2180. The first-order valence-corrected chi connectivity index (χ1v) is 19.3. The fraction of sp³-hybridized carbons (Fsp3) is 0.439. The fourth-order valence-electron chi connectivity index (χ4n) is 7.37. The van der Waals surface area contributed by atoms with Crippen LogP contribution in [0.15, 0.2) is 59.4 Å². The molecule has 0 bridgehead atoms. The van der Waals surface area contributed by atoms with E-state index in [1.165, 1.54) is 4.90 Å². The molecule has 57 heavy (non-hydrogen) atoms. The molecule has 0 spiro atoms. The second-order valence-corrected chi connectivity index (χ2v) is 15.9. The van der Waals surface area contributed by atoms with Crippen LogP contribution in [0, 0.1) is 18.8 Å². The van der Waals surface area contributed by atoms with Gasteiger partial charge in [-0.1, -0.05) is 30.3 Å². The van der Waals surface area contributed by atoms with Crippen LogP contribution in [0.5, 0.6) is 0 Å². The molecule has 1 aliphatic carbocycles. The number of pyridine rings is 1. The van der Waals surface area contributed by atoms with E-state index in [1.807, 2.05) is 58.0 Å². The summed E-state index contributed by atoms with van der Waals surface area (Å²) in [5.74, 6) is -1.08. The molecule has 2 atom stereocenters. The van der Waals surface area contributed by atoms with Gasteiger partial charge in [-0.25, -0.2) is 19.4 Å². The first-order valence-electron chi connectivity index (χ1n) is 19.3. The number of amides is 5. The number of nitrogens with zero attached hydrogens (tertiary/aromatic N) is 2. The van der Waals surface area contributed by atoms with E-state index in [0.29, 0.717) is 54.8 Å². The number of benzene rings is 2. The molecule has 0 radical (unpaired) electrons. The molecule has 1 aliphatic heterocycles. The number of imidazole rings is 1. The highest BCUT2D eigenvalue weighted by Crippen LogP contribution is 2.29. The van der Waals surface area contributed by atoms with Gasteiger partial charge in [-0.3, -0.25) is 14.4 Å². The van der Waals surface area contributed by atoms with Gasteiger partial charge in [0.05, 0.1) is 11.0 Å². The van der Waals surface area contributed by atoms with Gasteiger partial charge < -0.3 is 46.0 Å². The maximum Gasteiger partial charge on any atom is 0.407 e. The Hall–Kier alpha value is -6.19. The summed E-state index contributed by atoms with van der Waals surface area (Å²) < 4.78 is 5.34. The molecule has 2 aromatic carbocycles. The van der Waals surface area contributed by atoms with E-state index in [0.717, 1.165) is 29.5 Å². The number of rotatable bonds is 11. The summed E-state index contributed by atoms with van der Waals surface area (Å²) in [6.45, 7) is 8.30. The first kappa shape index (κ1) is 40.5. The number of alkyl carbamates (subject to hydrolysis) is 1. The summed E-state index contributed by atoms with van der Waals surface area (Å²) >= 11 is 0. The van der Waals surface area contributed by atoms with Crippen LogP contribution in [0.2, 0.25) is 0 Å². The van der Waals surface area contributed by atoms with Gasteiger partial charge >= 0.3 is 17.9 Å². The summed E-state index contributed by atoms with van der Waals surface area (Å²) in [6.07, 6.45) is 1.99. The van der Waals surface area contributed by atoms with E-state index < -0.39 is 29.7 Å². The van der Waals surface area contributed by atoms with Crippen LogP contribution in [-0.2, 0) is 20.7 Å². The van der Waals surface area contributed by atoms with E-state index in [1.54, 1.807) is 24.3 Å². The molecule has 5 amide bonds. The standard InChI is InChI=1S/C41H50N8O8/c1-23-30(14-16-32(43-23)36(51)45-29-17-18-49(22-29)40(55)56)26-9-5-24(6-10-26)19-34(37(52)44-28-13-15-31-33(20-28)48-38(53)47-31)46-35(50)27-11-7-25(8-12-27)21-42-39(54)57-41(2,3)4/h5-6,9-10,13-16,20,25,27,29,34H,7-8,11-12,17-19,21-22H2,1-4H3,(H,42,54)(H,44,52)(H,45,51)(H,46,50)(H,55,56)(H2,47,48,53)/t25?,27?,29-,34-/m0/s1. The number of carboxylic acid groups (broad SMARTS) is 1. The average Bonchev–Trinajstić information content (AvgIpc) is 3.79. The number of hydrogen-bond acceptors (Lipinski definition) is 8. The Balaban J connectivity index is 1.10. The van der Waals surface area contributed by atoms with Gasteiger partial charge in [0.1, 0.15) is 17.3 Å². The third-order valence-electron chi connectivity index (χ3n) is 10.4. The largest absolute Gasteiger partial charge is 0.465 e. The van der Waals surface area contributed by atoms with Crippen molar-refractivity contribution in [2.45, 2.75) is 83.9 Å². The lowest BCUT2D eigenvalue weighted by Gasteiger charge is -2.29. The van der Waals surface area contributed by atoms with Crippen molar-refractivity contribution >= 4 is 46.6 Å². The topological polar surface area (TPSA) is 228 Å². The predicted molar refractivity (Wildman–Crippen MR) is 213 cm³/mol. The summed E-state index contributed by atoms with van der Waals surface area (Å²) in [5.41, 5.74) is 3.97. The van der Waals surface area contributed by atoms with Crippen LogP contribution >= 0.6 is 0 Å². The smallest absolute Gasteiger partial charge is 0.407 e. The van der Waals surface area contributed by atoms with Crippen molar-refractivity contribution in [1.82, 2.24) is 35.8 Å². The zero-order valence-corrected chi connectivity index (χ0v) is 32.6. The summed E-state index contributed by atoms with van der Waals surface area (Å²) in [7, 11) is 0. The molecule has 302 valence electrons. The van der Waals surface area contributed by atoms with E-state index in [4.69, 9.17) is 4.74 Å². The molecule has 7 N–H and O–H groups in total. The minimum absolute atomic E-state index is 0.201. The highest BCUT2D eigenvalue weighted by Gasteiger charge is 2.31. The highest BCUT2D eigenvalue weighted by atomic mass is 16.6. The number of carbonyl (C=O) groups excluding carboxylic acids is 4. The number of nitrogens with one attached hydrogen (secondary N) is 6. The van der Waals surface area contributed by atoms with Gasteiger partial charge in [0.15, 0.2) is 0 Å². The second-order valence-electron chi connectivity index (χ2n) is 15.9. The number of ether oxygens (including phenoxy) is 1. The van der Waals surface area contributed by atoms with Crippen molar-refractivity contribution in [3.63, 3.8) is 0 Å². The van der Waals surface area contributed by atoms with Crippen LogP contribution < -0.4 is 27.0 Å². The molecular formula is C41H50N8O8. The van der Waals surface area contributed by atoms with Crippen LogP contribution in [0.4, 0.5) is 15.3 Å². The van der Waals surface area contributed by atoms with Crippen molar-refractivity contribution in [1.29, 1.82) is 0 Å². The molecule has 3 heterocycles. The second kappa shape index (κ2) is 17.3. The minimum atomic E-state index is -1.01. The number of aryl methyl sites for hydroxylation is 1. The molecule has 2 fully saturated rings. The van der Waals surface area contributed by atoms with Gasteiger partial charge in [-0.2, -0.15) is 0 Å². The minimum Gasteiger partial charge on any atom is -0.465 e. The number of H-pyrrole nitrogens is 2. The lowest BCUT2D eigenvalue weighted by molar-refractivity contribution is -0.130. The molecular weight excluding hydrogens is 732 g/mol. The summed E-state index contributed by atoms with van der Waals surface area (Å²) in [4.78, 5) is 86.7. The monoisotopic (exact) mass is 782 g/mol. The van der Waals surface area contributed by atoms with Gasteiger partial charge in [-0.15, -0.1) is 0 Å². The zero-order valence-electron chi connectivity index (χ0n) is 32.6. The number of carbonyl (C=O) groups is 5. The Morgan fingerprint density at radius 3 is 2.33 bits per heavy atom. The first-order chi connectivity index (χ1) is 27.1. The number of fused-ring (bicyclic) bond motifs is 1. The van der Waals surface area contributed by atoms with Gasteiger partial charge in [0, 0.05) is 55.0 Å². The van der Waals surface area contributed by atoms with Crippen molar-refractivity contribution in [3.8, 4) is 11.1 Å². The van der Waals surface area contributed by atoms with Crippen molar-refractivity contribution in [2.24, 2.45) is 11.8 Å². The van der Waals surface area contributed by atoms with Gasteiger partial charge in [0.2, 0.25) is 11.8 Å². The Kier molecular flexibility index (Phi) is 12.3. The molecule has 16 nitrogen and oxygen atoms in total. The molecule has 6 rings (SSSR count). The average molecular weight is 783 g/mol. The van der Waals surface area contributed by atoms with E-state index >= 15 is 0 Å². The van der Waals surface area contributed by atoms with Gasteiger partial charge in [-0.05, 0) is 101 Å². The highest BCUT2D eigenvalue weighted by molar-refractivity contribution is 5.99. The molecule has 2 aromatic heterocycles. The molecule has 16 heteroatoms. The van der Waals surface area contributed by atoms with Crippen molar-refractivity contribution in [3.05, 3.63) is 82.0 Å². The molecule has 0 unspecified atom stereocenters. The van der Waals surface area contributed by atoms with Crippen LogP contribution in [-0.4, -0.2) is 92.2 Å². The molecule has 1 saturated heterocycles. The SMILES string of the molecule is Cc1nc(C(=O)N[C@H]2CCN(C(=O)O)C2)ccc1-c1ccc(C[C@H](NC(=O)C2CCC(CNC(=O)OC(C)(C)C)CC2)C(=O)Nc2ccc3[nH]c(=O)[nH]c3c2)cc1. The van der Waals surface area contributed by atoms with E-state index in [2.05, 4.69) is 36.2 Å². The van der Waals surface area contributed by atoms with Crippen LogP contribution in [0.1, 0.15) is 74.6 Å². The number of likely N-dealkylation sites (tertiary alicyclic amines) is 1. The third-order valence-corrected chi connectivity index (χ3v) is 10.4. The number of aromatic amines is 2. The number of anilines is 1. The Morgan fingerprint density at radius 2 is 1.67 bits per heavy atom. The zero-order chi connectivity index (χ0) is 40.9. The van der Waals surface area contributed by atoms with E-state index in [-0.39, 0.29) is 54.0 Å². The summed E-state index contributed by atoms with van der Waals surface area (Å²) in [6, 6.07) is 14.8. The van der Waals surface area contributed by atoms with Crippen LogP contribution in [0.25, 0.3) is 22.2 Å². The molecule has 2 aliphatic rings. The van der Waals surface area contributed by atoms with Gasteiger partial charge in [0.25, 0.3) is 5.91 Å². The maximum atomic E-state index is 13.8. The predicted octanol–water partition coefficient (Wildman–Crippen LogP) is 4.71. The lowest BCUT2D eigenvalue weighted by atomic mass is 9.81. The third kappa shape index (κ3) is 10.8. The van der Waals surface area contributed by atoms with Crippen molar-refractivity contribution in [2.75, 3.05) is 25.0 Å². The lowest BCUT2D eigenvalue weighted by Crippen LogP contribution is -2.48. The van der Waals surface area contributed by atoms with Crippen molar-refractivity contribution < 1.29 is 33.8 Å². The normalized spacial score (nSPS) is 18.7. The fourth-order valence-corrected chi connectivity index (χ4v) is 7.37. The molecule has 4 aromatic rings. The number of aromatic nitrogens is 3. The number of hydrogen-bond donors (Lipinski definition) is 7. The van der Waals surface area contributed by atoms with Crippen LogP contribution in [0.3, 0.4) is 0 Å². The molecule has 1 saturated carbocycles. The Morgan fingerprint density at radius 1 is 0.947 bits per heavy atom. The van der Waals surface area contributed by atoms with E-state index in [9.17, 15) is 33.9 Å².